The molecule has 1 aliphatic rings. The highest BCUT2D eigenvalue weighted by molar-refractivity contribution is 7.15. The fourth-order valence-electron chi connectivity index (χ4n) is 3.16. The third kappa shape index (κ3) is 2.40. The fourth-order valence-corrected chi connectivity index (χ4v) is 4.05. The van der Waals surface area contributed by atoms with Crippen molar-refractivity contribution in [1.82, 2.24) is 14.3 Å². The van der Waals surface area contributed by atoms with E-state index in [1.54, 1.807) is 10.5 Å². The number of aryl methyl sites for hydroxylation is 1. The summed E-state index contributed by atoms with van der Waals surface area (Å²) in [6.07, 6.45) is 3.78. The van der Waals surface area contributed by atoms with Crippen LogP contribution in [0.4, 0.5) is 0 Å². The van der Waals surface area contributed by atoms with Crippen molar-refractivity contribution in [3.8, 4) is 0 Å². The van der Waals surface area contributed by atoms with Gasteiger partial charge in [0.1, 0.15) is 0 Å². The lowest BCUT2D eigenvalue weighted by Gasteiger charge is -2.38. The van der Waals surface area contributed by atoms with E-state index in [2.05, 4.69) is 23.7 Å². The smallest absolute Gasteiger partial charge is 0.259 e. The van der Waals surface area contributed by atoms with Gasteiger partial charge < -0.3 is 0 Å². The summed E-state index contributed by atoms with van der Waals surface area (Å²) in [6.45, 7) is 7.28. The Hall–Kier alpha value is -1.20. The summed E-state index contributed by atoms with van der Waals surface area (Å²) in [5.41, 5.74) is 1.91. The van der Waals surface area contributed by atoms with E-state index in [9.17, 15) is 4.79 Å². The molecule has 4 nitrogen and oxygen atoms in total. The first-order valence-electron chi connectivity index (χ1n) is 7.29. The SMILES string of the molecule is Cc1csc2nc(CN3[C@H](C)CCC[C@@H]3C)cc(=O)n12. The Bertz CT molecular complexity index is 665. The lowest BCUT2D eigenvalue weighted by molar-refractivity contribution is 0.0938. The summed E-state index contributed by atoms with van der Waals surface area (Å²) < 4.78 is 1.69. The number of hydrogen-bond acceptors (Lipinski definition) is 4. The van der Waals surface area contributed by atoms with E-state index in [4.69, 9.17) is 0 Å². The zero-order chi connectivity index (χ0) is 14.3. The van der Waals surface area contributed by atoms with Crippen LogP contribution in [0, 0.1) is 6.92 Å². The average molecular weight is 291 g/mol. The van der Waals surface area contributed by atoms with Gasteiger partial charge in [0.2, 0.25) is 0 Å². The van der Waals surface area contributed by atoms with E-state index in [1.165, 1.54) is 30.6 Å². The number of thiazole rings is 1. The Kier molecular flexibility index (Phi) is 3.65. The van der Waals surface area contributed by atoms with Gasteiger partial charge in [-0.3, -0.25) is 14.1 Å². The van der Waals surface area contributed by atoms with Gasteiger partial charge in [0, 0.05) is 35.8 Å². The van der Waals surface area contributed by atoms with Crippen molar-refractivity contribution in [3.63, 3.8) is 0 Å². The van der Waals surface area contributed by atoms with Crippen LogP contribution >= 0.6 is 11.3 Å². The van der Waals surface area contributed by atoms with Crippen LogP contribution in [-0.2, 0) is 6.54 Å². The monoisotopic (exact) mass is 291 g/mol. The maximum atomic E-state index is 12.2. The standard InChI is InChI=1S/C15H21N3OS/c1-10-5-4-6-11(2)17(10)8-13-7-14(19)18-12(3)9-20-15(18)16-13/h7,9-11H,4-6,8H2,1-3H3/t10-,11+. The molecule has 20 heavy (non-hydrogen) atoms. The molecule has 1 saturated heterocycles. The summed E-state index contributed by atoms with van der Waals surface area (Å²) in [5.74, 6) is 0. The van der Waals surface area contributed by atoms with E-state index < -0.39 is 0 Å². The zero-order valence-corrected chi connectivity index (χ0v) is 13.1. The lowest BCUT2D eigenvalue weighted by atomic mass is 9.97. The van der Waals surface area contributed by atoms with Gasteiger partial charge >= 0.3 is 0 Å². The van der Waals surface area contributed by atoms with Crippen molar-refractivity contribution in [2.75, 3.05) is 0 Å². The number of likely N-dealkylation sites (tertiary alicyclic amines) is 1. The van der Waals surface area contributed by atoms with Gasteiger partial charge in [-0.1, -0.05) is 6.42 Å². The van der Waals surface area contributed by atoms with Gasteiger partial charge in [-0.2, -0.15) is 0 Å². The molecule has 5 heteroatoms. The van der Waals surface area contributed by atoms with Crippen LogP contribution in [0.1, 0.15) is 44.5 Å². The van der Waals surface area contributed by atoms with Crippen LogP contribution in [-0.4, -0.2) is 26.4 Å². The van der Waals surface area contributed by atoms with Crippen molar-refractivity contribution in [1.29, 1.82) is 0 Å². The van der Waals surface area contributed by atoms with Crippen molar-refractivity contribution in [3.05, 3.63) is 33.2 Å². The first kappa shape index (κ1) is 13.8. The van der Waals surface area contributed by atoms with Gasteiger partial charge in [0.05, 0.1) is 5.69 Å². The Labute approximate surface area is 123 Å². The third-order valence-corrected chi connectivity index (χ3v) is 5.29. The molecule has 1 fully saturated rings. The highest BCUT2D eigenvalue weighted by Crippen LogP contribution is 2.24. The summed E-state index contributed by atoms with van der Waals surface area (Å²) in [4.78, 5) is 20.1. The second-order valence-corrected chi connectivity index (χ2v) is 6.72. The highest BCUT2D eigenvalue weighted by Gasteiger charge is 2.25. The van der Waals surface area contributed by atoms with Gasteiger partial charge in [0.15, 0.2) is 4.96 Å². The molecule has 0 amide bonds. The molecular formula is C15H21N3OS. The molecule has 0 bridgehead atoms. The molecule has 2 atom stereocenters. The second kappa shape index (κ2) is 5.30. The van der Waals surface area contributed by atoms with Crippen LogP contribution in [0.25, 0.3) is 4.96 Å². The highest BCUT2D eigenvalue weighted by atomic mass is 32.1. The summed E-state index contributed by atoms with van der Waals surface area (Å²) in [6, 6.07) is 2.84. The van der Waals surface area contributed by atoms with E-state index in [1.807, 2.05) is 12.3 Å². The van der Waals surface area contributed by atoms with Crippen LogP contribution in [0.5, 0.6) is 0 Å². The number of fused-ring (bicyclic) bond motifs is 1. The van der Waals surface area contributed by atoms with Gasteiger partial charge in [0.25, 0.3) is 5.56 Å². The van der Waals surface area contributed by atoms with E-state index >= 15 is 0 Å². The number of nitrogens with zero attached hydrogens (tertiary/aromatic N) is 3. The number of piperidine rings is 1. The summed E-state index contributed by atoms with van der Waals surface area (Å²) in [5, 5.41) is 1.99. The molecule has 0 N–H and O–H groups in total. The van der Waals surface area contributed by atoms with Crippen LogP contribution in [0.15, 0.2) is 16.2 Å². The number of hydrogen-bond donors (Lipinski definition) is 0. The molecule has 1 aliphatic heterocycles. The van der Waals surface area contributed by atoms with Crippen LogP contribution < -0.4 is 5.56 Å². The molecule has 0 aliphatic carbocycles. The third-order valence-electron chi connectivity index (χ3n) is 4.35. The normalized spacial score (nSPS) is 24.4. The molecule has 0 radical (unpaired) electrons. The maximum absolute atomic E-state index is 12.2. The molecular weight excluding hydrogens is 270 g/mol. The second-order valence-electron chi connectivity index (χ2n) is 5.88. The first-order chi connectivity index (χ1) is 9.56. The Morgan fingerprint density at radius 2 is 2.05 bits per heavy atom. The maximum Gasteiger partial charge on any atom is 0.259 e. The average Bonchev–Trinajstić information content (AvgIpc) is 2.76. The molecule has 0 spiro atoms. The predicted octanol–water partition coefficient (Wildman–Crippen LogP) is 2.83. The minimum atomic E-state index is 0.0427. The Balaban J connectivity index is 1.92. The van der Waals surface area contributed by atoms with E-state index in [0.717, 1.165) is 22.9 Å². The lowest BCUT2D eigenvalue weighted by Crippen LogP contribution is -2.43. The molecule has 3 heterocycles. The van der Waals surface area contributed by atoms with Crippen molar-refractivity contribution in [2.24, 2.45) is 0 Å². The molecule has 2 aromatic rings. The van der Waals surface area contributed by atoms with Gasteiger partial charge in [-0.05, 0) is 33.6 Å². The zero-order valence-electron chi connectivity index (χ0n) is 12.3. The Morgan fingerprint density at radius 1 is 1.35 bits per heavy atom. The molecule has 2 aromatic heterocycles. The quantitative estimate of drug-likeness (QED) is 0.854. The summed E-state index contributed by atoms with van der Waals surface area (Å²) >= 11 is 1.54. The first-order valence-corrected chi connectivity index (χ1v) is 8.17. The molecule has 0 aromatic carbocycles. The van der Waals surface area contributed by atoms with E-state index in [0.29, 0.717) is 12.1 Å². The van der Waals surface area contributed by atoms with Crippen molar-refractivity contribution in [2.45, 2.75) is 58.7 Å². The van der Waals surface area contributed by atoms with Gasteiger partial charge in [-0.25, -0.2) is 4.98 Å². The predicted molar refractivity (Wildman–Crippen MR) is 82.4 cm³/mol. The van der Waals surface area contributed by atoms with Gasteiger partial charge in [-0.15, -0.1) is 11.3 Å². The molecule has 108 valence electrons. The Morgan fingerprint density at radius 3 is 2.75 bits per heavy atom. The van der Waals surface area contributed by atoms with E-state index in [-0.39, 0.29) is 5.56 Å². The number of aromatic nitrogens is 2. The molecule has 0 saturated carbocycles. The molecule has 3 rings (SSSR count). The van der Waals surface area contributed by atoms with Crippen LogP contribution in [0.2, 0.25) is 0 Å². The van der Waals surface area contributed by atoms with Crippen LogP contribution in [0.3, 0.4) is 0 Å². The largest absolute Gasteiger partial charge is 0.292 e. The summed E-state index contributed by atoms with van der Waals surface area (Å²) in [7, 11) is 0. The minimum absolute atomic E-state index is 0.0427. The van der Waals surface area contributed by atoms with Crippen molar-refractivity contribution < 1.29 is 0 Å². The fraction of sp³-hybridized carbons (Fsp3) is 0.600. The minimum Gasteiger partial charge on any atom is -0.292 e. The number of rotatable bonds is 2. The van der Waals surface area contributed by atoms with Crippen molar-refractivity contribution >= 4 is 16.3 Å². The topological polar surface area (TPSA) is 37.6 Å². The molecule has 0 unspecified atom stereocenters.